The fraction of sp³-hybridized carbons (Fsp3) is 0.462. The molecule has 0 aliphatic carbocycles. The first kappa shape index (κ1) is 11.3. The van der Waals surface area contributed by atoms with Crippen molar-refractivity contribution in [2.75, 3.05) is 25.0 Å². The number of hydrogen-bond donors (Lipinski definition) is 2. The first-order valence-electron chi connectivity index (χ1n) is 6.44. The highest BCUT2D eigenvalue weighted by molar-refractivity contribution is 5.71. The van der Waals surface area contributed by atoms with Gasteiger partial charge in [-0.05, 0) is 44.0 Å². The molecule has 5 heteroatoms. The van der Waals surface area contributed by atoms with Crippen molar-refractivity contribution in [3.63, 3.8) is 0 Å². The second kappa shape index (κ2) is 5.27. The van der Waals surface area contributed by atoms with Crippen molar-refractivity contribution in [1.29, 1.82) is 0 Å². The molecule has 3 rings (SSSR count). The van der Waals surface area contributed by atoms with Gasteiger partial charge in [-0.2, -0.15) is 0 Å². The van der Waals surface area contributed by atoms with Crippen LogP contribution in [0.25, 0.3) is 11.2 Å². The van der Waals surface area contributed by atoms with Gasteiger partial charge in [0.2, 0.25) is 0 Å². The van der Waals surface area contributed by atoms with Crippen LogP contribution in [0.4, 0.5) is 5.82 Å². The van der Waals surface area contributed by atoms with Crippen molar-refractivity contribution in [3.05, 3.63) is 24.5 Å². The average Bonchev–Trinajstić information content (AvgIpc) is 2.46. The van der Waals surface area contributed by atoms with Gasteiger partial charge in [0.05, 0.1) is 0 Å². The molecule has 0 bridgehead atoms. The molecule has 2 N–H and O–H groups in total. The molecule has 1 aliphatic rings. The summed E-state index contributed by atoms with van der Waals surface area (Å²) in [7, 11) is 0. The fourth-order valence-corrected chi connectivity index (χ4v) is 2.30. The normalized spacial score (nSPS) is 19.9. The van der Waals surface area contributed by atoms with Gasteiger partial charge in [0.15, 0.2) is 5.65 Å². The molecule has 0 spiro atoms. The molecule has 94 valence electrons. The van der Waals surface area contributed by atoms with Crippen LogP contribution < -0.4 is 10.6 Å². The van der Waals surface area contributed by atoms with Crippen LogP contribution in [-0.4, -0.2) is 34.6 Å². The Balaban J connectivity index is 1.66. The van der Waals surface area contributed by atoms with Gasteiger partial charge in [0.1, 0.15) is 11.3 Å². The Kier molecular flexibility index (Phi) is 3.32. The summed E-state index contributed by atoms with van der Waals surface area (Å²) in [5, 5.41) is 6.81. The van der Waals surface area contributed by atoms with E-state index in [1.807, 2.05) is 12.1 Å². The molecule has 0 saturated carbocycles. The summed E-state index contributed by atoms with van der Waals surface area (Å²) in [6.45, 7) is 3.21. The number of anilines is 1. The number of rotatable bonds is 3. The second-order valence-electron chi connectivity index (χ2n) is 4.69. The Morgan fingerprint density at radius 3 is 3.11 bits per heavy atom. The number of piperidine rings is 1. The number of pyridine rings is 1. The molecular weight excluding hydrogens is 226 g/mol. The fourth-order valence-electron chi connectivity index (χ4n) is 2.30. The number of hydrogen-bond acceptors (Lipinski definition) is 5. The summed E-state index contributed by atoms with van der Waals surface area (Å²) in [6.07, 6.45) is 5.91. The van der Waals surface area contributed by atoms with E-state index in [4.69, 9.17) is 0 Å². The largest absolute Gasteiger partial charge is 0.370 e. The number of fused-ring (bicyclic) bond motifs is 1. The Bertz CT molecular complexity index is 522. The average molecular weight is 243 g/mol. The van der Waals surface area contributed by atoms with Crippen molar-refractivity contribution in [2.45, 2.75) is 12.8 Å². The van der Waals surface area contributed by atoms with Crippen LogP contribution in [0.2, 0.25) is 0 Å². The van der Waals surface area contributed by atoms with E-state index >= 15 is 0 Å². The van der Waals surface area contributed by atoms with Crippen LogP contribution in [0.5, 0.6) is 0 Å². The van der Waals surface area contributed by atoms with Crippen LogP contribution in [0.15, 0.2) is 24.5 Å². The van der Waals surface area contributed by atoms with Crippen LogP contribution in [0.1, 0.15) is 12.8 Å². The Labute approximate surface area is 106 Å². The lowest BCUT2D eigenvalue weighted by atomic mass is 10.00. The lowest BCUT2D eigenvalue weighted by Gasteiger charge is -2.23. The van der Waals surface area contributed by atoms with E-state index in [1.54, 1.807) is 12.4 Å². The molecule has 2 aromatic heterocycles. The third kappa shape index (κ3) is 2.56. The molecule has 5 nitrogen and oxygen atoms in total. The summed E-state index contributed by atoms with van der Waals surface area (Å²) >= 11 is 0. The third-order valence-corrected chi connectivity index (χ3v) is 3.30. The molecule has 2 aromatic rings. The first-order valence-corrected chi connectivity index (χ1v) is 6.44. The SMILES string of the molecule is c1cnc2nc(NCC3CCCNC3)ccc2n1. The quantitative estimate of drug-likeness (QED) is 0.854. The van der Waals surface area contributed by atoms with Gasteiger partial charge in [0.25, 0.3) is 0 Å². The molecule has 1 aliphatic heterocycles. The smallest absolute Gasteiger partial charge is 0.180 e. The second-order valence-corrected chi connectivity index (χ2v) is 4.69. The van der Waals surface area contributed by atoms with Crippen molar-refractivity contribution in [3.8, 4) is 0 Å². The predicted octanol–water partition coefficient (Wildman–Crippen LogP) is 1.44. The van der Waals surface area contributed by atoms with Gasteiger partial charge in [0, 0.05) is 18.9 Å². The molecule has 1 atom stereocenters. The zero-order valence-corrected chi connectivity index (χ0v) is 10.3. The molecule has 0 radical (unpaired) electrons. The van der Waals surface area contributed by atoms with Crippen LogP contribution in [0.3, 0.4) is 0 Å². The maximum atomic E-state index is 4.45. The molecule has 1 saturated heterocycles. The van der Waals surface area contributed by atoms with Gasteiger partial charge in [-0.15, -0.1) is 0 Å². The zero-order valence-electron chi connectivity index (χ0n) is 10.3. The molecule has 1 fully saturated rings. The van der Waals surface area contributed by atoms with Crippen molar-refractivity contribution >= 4 is 17.0 Å². The highest BCUT2D eigenvalue weighted by Gasteiger charge is 2.12. The summed E-state index contributed by atoms with van der Waals surface area (Å²) in [6, 6.07) is 3.92. The molecule has 1 unspecified atom stereocenters. The summed E-state index contributed by atoms with van der Waals surface area (Å²) in [5.41, 5.74) is 1.53. The topological polar surface area (TPSA) is 62.7 Å². The van der Waals surface area contributed by atoms with E-state index in [0.29, 0.717) is 11.6 Å². The van der Waals surface area contributed by atoms with E-state index in [2.05, 4.69) is 25.6 Å². The van der Waals surface area contributed by atoms with E-state index in [-0.39, 0.29) is 0 Å². The van der Waals surface area contributed by atoms with Crippen LogP contribution >= 0.6 is 0 Å². The number of nitrogens with zero attached hydrogens (tertiary/aromatic N) is 3. The van der Waals surface area contributed by atoms with Crippen LogP contribution in [0, 0.1) is 5.92 Å². The first-order chi connectivity index (χ1) is 8.92. The van der Waals surface area contributed by atoms with Crippen molar-refractivity contribution < 1.29 is 0 Å². The monoisotopic (exact) mass is 243 g/mol. The van der Waals surface area contributed by atoms with E-state index < -0.39 is 0 Å². The number of nitrogens with one attached hydrogen (secondary N) is 2. The number of aromatic nitrogens is 3. The molecule has 0 aromatic carbocycles. The maximum Gasteiger partial charge on any atom is 0.180 e. The van der Waals surface area contributed by atoms with Crippen LogP contribution in [-0.2, 0) is 0 Å². The van der Waals surface area contributed by atoms with Gasteiger partial charge in [-0.3, -0.25) is 4.98 Å². The van der Waals surface area contributed by atoms with Crippen molar-refractivity contribution in [1.82, 2.24) is 20.3 Å². The zero-order chi connectivity index (χ0) is 12.2. The van der Waals surface area contributed by atoms with Gasteiger partial charge < -0.3 is 10.6 Å². The van der Waals surface area contributed by atoms with Crippen molar-refractivity contribution in [2.24, 2.45) is 5.92 Å². The summed E-state index contributed by atoms with van der Waals surface area (Å²) < 4.78 is 0. The van der Waals surface area contributed by atoms with Gasteiger partial charge >= 0.3 is 0 Å². The predicted molar refractivity (Wildman–Crippen MR) is 71.4 cm³/mol. The Morgan fingerprint density at radius 1 is 1.28 bits per heavy atom. The minimum atomic E-state index is 0.693. The van der Waals surface area contributed by atoms with E-state index in [1.165, 1.54) is 12.8 Å². The molecular formula is C13H17N5. The standard InChI is InChI=1S/C13H17N5/c1-2-10(8-14-5-1)9-17-12-4-3-11-13(18-12)16-7-6-15-11/h3-4,6-7,10,14H,1-2,5,8-9H2,(H,16,17,18). The summed E-state index contributed by atoms with van der Waals surface area (Å²) in [5.74, 6) is 1.58. The molecule has 3 heterocycles. The minimum absolute atomic E-state index is 0.693. The molecule has 0 amide bonds. The van der Waals surface area contributed by atoms with E-state index in [9.17, 15) is 0 Å². The Hall–Kier alpha value is -1.75. The minimum Gasteiger partial charge on any atom is -0.370 e. The highest BCUT2D eigenvalue weighted by atomic mass is 15.0. The molecule has 18 heavy (non-hydrogen) atoms. The lowest BCUT2D eigenvalue weighted by Crippen LogP contribution is -2.33. The highest BCUT2D eigenvalue weighted by Crippen LogP contribution is 2.13. The van der Waals surface area contributed by atoms with Gasteiger partial charge in [-0.25, -0.2) is 9.97 Å². The third-order valence-electron chi connectivity index (χ3n) is 3.30. The maximum absolute atomic E-state index is 4.45. The van der Waals surface area contributed by atoms with Gasteiger partial charge in [-0.1, -0.05) is 0 Å². The van der Waals surface area contributed by atoms with E-state index in [0.717, 1.165) is 31.0 Å². The lowest BCUT2D eigenvalue weighted by molar-refractivity contribution is 0.392. The summed E-state index contributed by atoms with van der Waals surface area (Å²) in [4.78, 5) is 12.9. The Morgan fingerprint density at radius 2 is 2.22 bits per heavy atom.